The van der Waals surface area contributed by atoms with E-state index >= 15 is 0 Å². The Morgan fingerprint density at radius 2 is 2.07 bits per heavy atom. The minimum absolute atomic E-state index is 0.102. The number of carbonyl (C=O) groups excluding carboxylic acids is 1. The number of nitrogens with one attached hydrogen (secondary N) is 1. The Bertz CT molecular complexity index is 807. The maximum Gasteiger partial charge on any atom is 0.416 e. The van der Waals surface area contributed by atoms with E-state index in [2.05, 4.69) is 22.1 Å². The molecular formula is C20H22F3N3O. The number of carbonyl (C=O) groups is 1. The number of alkyl halides is 3. The van der Waals surface area contributed by atoms with Crippen LogP contribution in [0.2, 0.25) is 0 Å². The summed E-state index contributed by atoms with van der Waals surface area (Å²) in [6.07, 6.45) is 3.12. The third-order valence-electron chi connectivity index (χ3n) is 4.86. The number of anilines is 2. The zero-order chi connectivity index (χ0) is 19.4. The van der Waals surface area contributed by atoms with Gasteiger partial charge >= 0.3 is 6.18 Å². The van der Waals surface area contributed by atoms with Crippen molar-refractivity contribution in [2.24, 2.45) is 0 Å². The van der Waals surface area contributed by atoms with Gasteiger partial charge in [-0.05, 0) is 49.9 Å². The van der Waals surface area contributed by atoms with Gasteiger partial charge in [0.2, 0.25) is 0 Å². The average molecular weight is 377 g/mol. The van der Waals surface area contributed by atoms with Crippen LogP contribution in [0.5, 0.6) is 0 Å². The van der Waals surface area contributed by atoms with Gasteiger partial charge in [-0.2, -0.15) is 13.2 Å². The lowest BCUT2D eigenvalue weighted by Gasteiger charge is -2.37. The maximum absolute atomic E-state index is 12.8. The van der Waals surface area contributed by atoms with Crippen LogP contribution in [0.1, 0.15) is 48.5 Å². The van der Waals surface area contributed by atoms with Gasteiger partial charge in [-0.1, -0.05) is 13.0 Å². The molecule has 2 heterocycles. The van der Waals surface area contributed by atoms with Crippen molar-refractivity contribution in [3.63, 3.8) is 0 Å². The lowest BCUT2D eigenvalue weighted by atomic mass is 9.99. The Balaban J connectivity index is 1.78. The zero-order valence-electron chi connectivity index (χ0n) is 15.1. The van der Waals surface area contributed by atoms with E-state index in [0.717, 1.165) is 43.6 Å². The Kier molecular flexibility index (Phi) is 5.68. The SMILES string of the molecule is CCC1CCCCN1c1cncc(C(=O)Nc2cccc(C(F)(F)F)c2)c1. The van der Waals surface area contributed by atoms with Crippen LogP contribution in [0.25, 0.3) is 0 Å². The molecule has 1 amide bonds. The molecule has 4 nitrogen and oxygen atoms in total. The van der Waals surface area contributed by atoms with Crippen LogP contribution in [0.4, 0.5) is 24.5 Å². The fourth-order valence-electron chi connectivity index (χ4n) is 3.45. The summed E-state index contributed by atoms with van der Waals surface area (Å²) in [5.41, 5.74) is 0.500. The summed E-state index contributed by atoms with van der Waals surface area (Å²) in [4.78, 5) is 18.9. The van der Waals surface area contributed by atoms with Gasteiger partial charge in [0.05, 0.1) is 23.0 Å². The van der Waals surface area contributed by atoms with Gasteiger partial charge < -0.3 is 10.2 Å². The van der Waals surface area contributed by atoms with Crippen LogP contribution < -0.4 is 10.2 Å². The van der Waals surface area contributed by atoms with Crippen LogP contribution in [-0.2, 0) is 6.18 Å². The van der Waals surface area contributed by atoms with Gasteiger partial charge in [-0.3, -0.25) is 9.78 Å². The smallest absolute Gasteiger partial charge is 0.367 e. The first-order valence-electron chi connectivity index (χ1n) is 9.09. The highest BCUT2D eigenvalue weighted by Crippen LogP contribution is 2.31. The highest BCUT2D eigenvalue weighted by molar-refractivity contribution is 6.04. The highest BCUT2D eigenvalue weighted by Gasteiger charge is 2.30. The standard InChI is InChI=1S/C20H22F3N3O/c1-2-17-8-3-4-9-26(17)18-10-14(12-24-13-18)19(27)25-16-7-5-6-15(11-16)20(21,22)23/h5-7,10-13,17H,2-4,8-9H2,1H3,(H,25,27). The molecule has 1 aliphatic heterocycles. The van der Waals surface area contributed by atoms with Crippen LogP contribution in [0, 0.1) is 0 Å². The molecule has 0 saturated carbocycles. The van der Waals surface area contributed by atoms with Crippen molar-refractivity contribution in [3.8, 4) is 0 Å². The van der Waals surface area contributed by atoms with Crippen molar-refractivity contribution in [2.75, 3.05) is 16.8 Å². The van der Waals surface area contributed by atoms with E-state index in [1.165, 1.54) is 24.8 Å². The monoisotopic (exact) mass is 377 g/mol. The predicted molar refractivity (Wildman–Crippen MR) is 98.9 cm³/mol. The Morgan fingerprint density at radius 3 is 2.81 bits per heavy atom. The molecule has 0 aliphatic carbocycles. The molecule has 2 aromatic rings. The molecule has 1 atom stereocenters. The molecule has 144 valence electrons. The Morgan fingerprint density at radius 1 is 1.26 bits per heavy atom. The van der Waals surface area contributed by atoms with Crippen LogP contribution in [0.15, 0.2) is 42.7 Å². The number of halogens is 3. The van der Waals surface area contributed by atoms with E-state index in [0.29, 0.717) is 11.6 Å². The number of nitrogens with zero attached hydrogens (tertiary/aromatic N) is 2. The predicted octanol–water partition coefficient (Wildman–Crippen LogP) is 5.12. The lowest BCUT2D eigenvalue weighted by Crippen LogP contribution is -2.39. The van der Waals surface area contributed by atoms with Gasteiger partial charge in [0.15, 0.2) is 0 Å². The summed E-state index contributed by atoms with van der Waals surface area (Å²) in [6, 6.07) is 6.77. The van der Waals surface area contributed by atoms with Gasteiger partial charge in [-0.15, -0.1) is 0 Å². The minimum Gasteiger partial charge on any atom is -0.367 e. The molecular weight excluding hydrogens is 355 g/mol. The van der Waals surface area contributed by atoms with Crippen LogP contribution in [0.3, 0.4) is 0 Å². The first-order chi connectivity index (χ1) is 12.9. The summed E-state index contributed by atoms with van der Waals surface area (Å²) < 4.78 is 38.5. The van der Waals surface area contributed by atoms with E-state index in [1.807, 2.05) is 0 Å². The molecule has 27 heavy (non-hydrogen) atoms. The number of hydrogen-bond acceptors (Lipinski definition) is 3. The molecule has 0 radical (unpaired) electrons. The second kappa shape index (κ2) is 7.98. The second-order valence-corrected chi connectivity index (χ2v) is 6.72. The number of piperidine rings is 1. The molecule has 0 bridgehead atoms. The summed E-state index contributed by atoms with van der Waals surface area (Å²) in [5.74, 6) is -0.478. The van der Waals surface area contributed by atoms with Gasteiger partial charge in [-0.25, -0.2) is 0 Å². The lowest BCUT2D eigenvalue weighted by molar-refractivity contribution is -0.137. The van der Waals surface area contributed by atoms with E-state index < -0.39 is 17.6 Å². The molecule has 1 N–H and O–H groups in total. The van der Waals surface area contributed by atoms with Gasteiger partial charge in [0.1, 0.15) is 0 Å². The van der Waals surface area contributed by atoms with Crippen molar-refractivity contribution in [1.29, 1.82) is 0 Å². The number of amides is 1. The molecule has 7 heteroatoms. The van der Waals surface area contributed by atoms with Gasteiger partial charge in [0.25, 0.3) is 5.91 Å². The summed E-state index contributed by atoms with van der Waals surface area (Å²) in [7, 11) is 0. The fourth-order valence-corrected chi connectivity index (χ4v) is 3.45. The van der Waals surface area contributed by atoms with Crippen LogP contribution in [-0.4, -0.2) is 23.5 Å². The molecule has 1 unspecified atom stereocenters. The second-order valence-electron chi connectivity index (χ2n) is 6.72. The topological polar surface area (TPSA) is 45.2 Å². The van der Waals surface area contributed by atoms with Crippen molar-refractivity contribution < 1.29 is 18.0 Å². The first-order valence-corrected chi connectivity index (χ1v) is 9.09. The van der Waals surface area contributed by atoms with Crippen molar-refractivity contribution in [2.45, 2.75) is 44.8 Å². The van der Waals surface area contributed by atoms with Crippen LogP contribution >= 0.6 is 0 Å². The number of hydrogen-bond donors (Lipinski definition) is 1. The number of pyridine rings is 1. The molecule has 1 saturated heterocycles. The summed E-state index contributed by atoms with van der Waals surface area (Å²) >= 11 is 0. The normalized spacial score (nSPS) is 17.6. The summed E-state index contributed by atoms with van der Waals surface area (Å²) in [6.45, 7) is 3.06. The number of benzene rings is 1. The highest BCUT2D eigenvalue weighted by atomic mass is 19.4. The van der Waals surface area contributed by atoms with E-state index in [4.69, 9.17) is 0 Å². The molecule has 1 fully saturated rings. The first kappa shape index (κ1) is 19.2. The van der Waals surface area contributed by atoms with Gasteiger partial charge in [0, 0.05) is 24.5 Å². The fraction of sp³-hybridized carbons (Fsp3) is 0.400. The maximum atomic E-state index is 12.8. The zero-order valence-corrected chi connectivity index (χ0v) is 15.1. The molecule has 0 spiro atoms. The Labute approximate surface area is 156 Å². The largest absolute Gasteiger partial charge is 0.416 e. The summed E-state index contributed by atoms with van der Waals surface area (Å²) in [5, 5.41) is 2.53. The van der Waals surface area contributed by atoms with E-state index in [9.17, 15) is 18.0 Å². The third-order valence-corrected chi connectivity index (χ3v) is 4.86. The van der Waals surface area contributed by atoms with E-state index in [-0.39, 0.29) is 5.69 Å². The molecule has 1 aliphatic rings. The Hall–Kier alpha value is -2.57. The number of rotatable bonds is 4. The quantitative estimate of drug-likeness (QED) is 0.804. The van der Waals surface area contributed by atoms with Crippen molar-refractivity contribution >= 4 is 17.3 Å². The van der Waals surface area contributed by atoms with Crippen molar-refractivity contribution in [3.05, 3.63) is 53.9 Å². The van der Waals surface area contributed by atoms with E-state index in [1.54, 1.807) is 12.3 Å². The minimum atomic E-state index is -4.45. The number of aromatic nitrogens is 1. The molecule has 1 aromatic heterocycles. The molecule has 3 rings (SSSR count). The van der Waals surface area contributed by atoms with Crippen molar-refractivity contribution in [1.82, 2.24) is 4.98 Å². The molecule has 1 aromatic carbocycles. The average Bonchev–Trinajstić information content (AvgIpc) is 2.67. The third kappa shape index (κ3) is 4.59.